The molecule has 0 aromatic heterocycles. The standard InChI is InChI=1S/C12H17F6NO/c13-11(14,15)9(12(16,17)18)8(19)7-2-5-20-10(6-7)3-1-4-10/h7-9H,1-6,19H2. The Hall–Kier alpha value is -0.500. The minimum atomic E-state index is -5.37. The first-order chi connectivity index (χ1) is 9.05. The maximum atomic E-state index is 12.7. The number of halogens is 6. The molecule has 2 N–H and O–H groups in total. The van der Waals surface area contributed by atoms with Gasteiger partial charge in [-0.3, -0.25) is 0 Å². The lowest BCUT2D eigenvalue weighted by molar-refractivity contribution is -0.295. The summed E-state index contributed by atoms with van der Waals surface area (Å²) in [7, 11) is 0. The monoisotopic (exact) mass is 305 g/mol. The summed E-state index contributed by atoms with van der Waals surface area (Å²) in [5.74, 6) is -4.27. The van der Waals surface area contributed by atoms with Gasteiger partial charge in [0.1, 0.15) is 0 Å². The highest BCUT2D eigenvalue weighted by molar-refractivity contribution is 4.99. The van der Waals surface area contributed by atoms with Gasteiger partial charge in [0, 0.05) is 12.6 Å². The van der Waals surface area contributed by atoms with E-state index in [2.05, 4.69) is 0 Å². The molecule has 0 amide bonds. The zero-order valence-corrected chi connectivity index (χ0v) is 10.7. The third-order valence-corrected chi connectivity index (χ3v) is 4.43. The third-order valence-electron chi connectivity index (χ3n) is 4.43. The van der Waals surface area contributed by atoms with Crippen molar-refractivity contribution in [1.29, 1.82) is 0 Å². The van der Waals surface area contributed by atoms with Crippen molar-refractivity contribution in [2.24, 2.45) is 17.6 Å². The minimum absolute atomic E-state index is 0.144. The summed E-state index contributed by atoms with van der Waals surface area (Å²) >= 11 is 0. The van der Waals surface area contributed by atoms with E-state index in [0.29, 0.717) is 12.8 Å². The van der Waals surface area contributed by atoms with Gasteiger partial charge >= 0.3 is 12.4 Å². The lowest BCUT2D eigenvalue weighted by atomic mass is 9.69. The van der Waals surface area contributed by atoms with Crippen LogP contribution in [0.5, 0.6) is 0 Å². The van der Waals surface area contributed by atoms with Crippen molar-refractivity contribution in [2.75, 3.05) is 6.61 Å². The summed E-state index contributed by atoms with van der Waals surface area (Å²) in [6, 6.07) is -1.96. The van der Waals surface area contributed by atoms with Gasteiger partial charge in [0.05, 0.1) is 5.60 Å². The van der Waals surface area contributed by atoms with E-state index in [-0.39, 0.29) is 19.4 Å². The largest absolute Gasteiger partial charge is 0.402 e. The summed E-state index contributed by atoms with van der Waals surface area (Å²) in [5.41, 5.74) is 4.84. The lowest BCUT2D eigenvalue weighted by Crippen LogP contribution is -2.56. The number of alkyl halides is 6. The number of hydrogen-bond donors (Lipinski definition) is 1. The second-order valence-electron chi connectivity index (χ2n) is 5.78. The summed E-state index contributed by atoms with van der Waals surface area (Å²) in [4.78, 5) is 0. The fraction of sp³-hybridized carbons (Fsp3) is 1.00. The molecule has 0 radical (unpaired) electrons. The maximum absolute atomic E-state index is 12.7. The van der Waals surface area contributed by atoms with Crippen LogP contribution in [0.4, 0.5) is 26.3 Å². The molecule has 20 heavy (non-hydrogen) atoms. The van der Waals surface area contributed by atoms with Crippen molar-refractivity contribution >= 4 is 0 Å². The van der Waals surface area contributed by atoms with Crippen LogP contribution >= 0.6 is 0 Å². The molecule has 1 aliphatic heterocycles. The number of nitrogens with two attached hydrogens (primary N) is 1. The molecular weight excluding hydrogens is 288 g/mol. The van der Waals surface area contributed by atoms with Gasteiger partial charge in [-0.15, -0.1) is 0 Å². The molecule has 1 saturated carbocycles. The fourth-order valence-electron chi connectivity index (χ4n) is 3.21. The van der Waals surface area contributed by atoms with Crippen LogP contribution in [-0.2, 0) is 4.74 Å². The van der Waals surface area contributed by atoms with Crippen molar-refractivity contribution in [1.82, 2.24) is 0 Å². The molecule has 2 rings (SSSR count). The molecule has 0 aromatic rings. The van der Waals surface area contributed by atoms with Crippen molar-refractivity contribution < 1.29 is 31.1 Å². The minimum Gasteiger partial charge on any atom is -0.375 e. The third kappa shape index (κ3) is 3.05. The normalized spacial score (nSPS) is 28.5. The van der Waals surface area contributed by atoms with E-state index in [1.165, 1.54) is 0 Å². The molecule has 2 unspecified atom stereocenters. The van der Waals surface area contributed by atoms with E-state index in [0.717, 1.165) is 6.42 Å². The second-order valence-corrected chi connectivity index (χ2v) is 5.78. The van der Waals surface area contributed by atoms with E-state index in [4.69, 9.17) is 10.5 Å². The van der Waals surface area contributed by atoms with Crippen LogP contribution in [0.3, 0.4) is 0 Å². The Bertz CT molecular complexity index is 335. The molecule has 1 heterocycles. The number of ether oxygens (including phenoxy) is 1. The first-order valence-electron chi connectivity index (χ1n) is 6.58. The summed E-state index contributed by atoms with van der Waals surface area (Å²) in [6.45, 7) is 0.181. The van der Waals surface area contributed by atoms with E-state index in [1.807, 2.05) is 0 Å². The molecule has 1 aliphatic carbocycles. The van der Waals surface area contributed by atoms with Gasteiger partial charge in [0.2, 0.25) is 0 Å². The Kier molecular flexibility index (Phi) is 4.01. The van der Waals surface area contributed by atoms with Crippen LogP contribution in [0.25, 0.3) is 0 Å². The topological polar surface area (TPSA) is 35.2 Å². The SMILES string of the molecule is NC(C1CCOC2(CCC2)C1)C(C(F)(F)F)C(F)(F)F. The highest BCUT2D eigenvalue weighted by Crippen LogP contribution is 2.49. The van der Waals surface area contributed by atoms with Gasteiger partial charge in [0.15, 0.2) is 5.92 Å². The van der Waals surface area contributed by atoms with Gasteiger partial charge in [-0.25, -0.2) is 0 Å². The van der Waals surface area contributed by atoms with Crippen LogP contribution < -0.4 is 5.73 Å². The Labute approximate surface area is 112 Å². The van der Waals surface area contributed by atoms with Gasteiger partial charge in [-0.05, 0) is 38.0 Å². The molecule has 0 bridgehead atoms. The Morgan fingerprint density at radius 3 is 2.00 bits per heavy atom. The Balaban J connectivity index is 2.13. The van der Waals surface area contributed by atoms with Crippen LogP contribution in [0.15, 0.2) is 0 Å². The molecule has 2 nitrogen and oxygen atoms in total. The smallest absolute Gasteiger partial charge is 0.375 e. The molecule has 2 aliphatic rings. The first kappa shape index (κ1) is 15.9. The molecule has 2 atom stereocenters. The summed E-state index contributed by atoms with van der Waals surface area (Å²) < 4.78 is 81.6. The van der Waals surface area contributed by atoms with E-state index >= 15 is 0 Å². The molecule has 1 spiro atoms. The fourth-order valence-corrected chi connectivity index (χ4v) is 3.21. The van der Waals surface area contributed by atoms with Gasteiger partial charge < -0.3 is 10.5 Å². The second kappa shape index (κ2) is 5.05. The van der Waals surface area contributed by atoms with Gasteiger partial charge in [-0.2, -0.15) is 26.3 Å². The zero-order chi connectivity index (χ0) is 15.2. The van der Waals surface area contributed by atoms with E-state index in [1.54, 1.807) is 0 Å². The van der Waals surface area contributed by atoms with E-state index in [9.17, 15) is 26.3 Å². The summed E-state index contributed by atoms with van der Waals surface area (Å²) in [6.07, 6.45) is -8.13. The predicted octanol–water partition coefficient (Wildman–Crippen LogP) is 3.40. The number of hydrogen-bond acceptors (Lipinski definition) is 2. The molecular formula is C12H17F6NO. The Morgan fingerprint density at radius 1 is 1.05 bits per heavy atom. The quantitative estimate of drug-likeness (QED) is 0.794. The average Bonchev–Trinajstić information content (AvgIpc) is 2.23. The van der Waals surface area contributed by atoms with Crippen molar-refractivity contribution in [3.63, 3.8) is 0 Å². The van der Waals surface area contributed by atoms with E-state index < -0.39 is 35.8 Å². The van der Waals surface area contributed by atoms with Crippen LogP contribution in [0.1, 0.15) is 32.1 Å². The maximum Gasteiger partial charge on any atom is 0.402 e. The highest BCUT2D eigenvalue weighted by Gasteiger charge is 2.61. The summed E-state index contributed by atoms with van der Waals surface area (Å²) in [5, 5.41) is 0. The average molecular weight is 305 g/mol. The van der Waals surface area contributed by atoms with Crippen LogP contribution in [0, 0.1) is 11.8 Å². The van der Waals surface area contributed by atoms with Crippen molar-refractivity contribution in [2.45, 2.75) is 56.1 Å². The van der Waals surface area contributed by atoms with Crippen molar-refractivity contribution in [3.05, 3.63) is 0 Å². The first-order valence-corrected chi connectivity index (χ1v) is 6.58. The molecule has 118 valence electrons. The van der Waals surface area contributed by atoms with Gasteiger partial charge in [0.25, 0.3) is 0 Å². The van der Waals surface area contributed by atoms with Gasteiger partial charge in [-0.1, -0.05) is 0 Å². The number of rotatable bonds is 2. The van der Waals surface area contributed by atoms with Crippen LogP contribution in [0.2, 0.25) is 0 Å². The lowest BCUT2D eigenvalue weighted by Gasteiger charge is -2.49. The molecule has 0 aromatic carbocycles. The molecule has 2 fully saturated rings. The molecule has 8 heteroatoms. The highest BCUT2D eigenvalue weighted by atomic mass is 19.4. The zero-order valence-electron chi connectivity index (χ0n) is 10.7. The molecule has 1 saturated heterocycles. The van der Waals surface area contributed by atoms with Crippen LogP contribution in [-0.4, -0.2) is 30.6 Å². The van der Waals surface area contributed by atoms with Crippen molar-refractivity contribution in [3.8, 4) is 0 Å². The predicted molar refractivity (Wildman–Crippen MR) is 58.8 cm³/mol. The Morgan fingerprint density at radius 2 is 1.60 bits per heavy atom.